The zero-order chi connectivity index (χ0) is 23.3. The van der Waals surface area contributed by atoms with Gasteiger partial charge in [-0.05, 0) is 85.5 Å². The molecule has 0 aromatic carbocycles. The van der Waals surface area contributed by atoms with Gasteiger partial charge < -0.3 is 9.47 Å². The topological polar surface area (TPSA) is 69.7 Å². The van der Waals surface area contributed by atoms with Gasteiger partial charge in [-0.15, -0.1) is 0 Å². The zero-order valence-corrected chi connectivity index (χ0v) is 20.4. The lowest BCUT2D eigenvalue weighted by Gasteiger charge is -2.57. The molecule has 4 aliphatic carbocycles. The van der Waals surface area contributed by atoms with Crippen LogP contribution < -0.4 is 0 Å². The Bertz CT molecular complexity index is 815. The van der Waals surface area contributed by atoms with Gasteiger partial charge in [0.05, 0.1) is 7.11 Å². The van der Waals surface area contributed by atoms with E-state index in [-0.39, 0.29) is 34.8 Å². The van der Waals surface area contributed by atoms with Crippen molar-refractivity contribution in [2.45, 2.75) is 91.6 Å². The Morgan fingerprint density at radius 1 is 1.12 bits per heavy atom. The van der Waals surface area contributed by atoms with Crippen molar-refractivity contribution in [3.05, 3.63) is 11.6 Å². The van der Waals surface area contributed by atoms with Crippen LogP contribution in [-0.4, -0.2) is 30.9 Å². The third kappa shape index (κ3) is 3.84. The monoisotopic (exact) mass is 444 g/mol. The minimum absolute atomic E-state index is 0.0468. The third-order valence-corrected chi connectivity index (χ3v) is 10.0. The van der Waals surface area contributed by atoms with Gasteiger partial charge in [0, 0.05) is 25.7 Å². The van der Waals surface area contributed by atoms with E-state index in [1.54, 1.807) is 0 Å². The molecular weight excluding hydrogens is 404 g/mol. The number of ether oxygens (including phenoxy) is 2. The van der Waals surface area contributed by atoms with Crippen LogP contribution in [0, 0.1) is 40.4 Å². The first-order valence-electron chi connectivity index (χ1n) is 12.6. The van der Waals surface area contributed by atoms with Crippen LogP contribution in [0.25, 0.3) is 0 Å². The number of rotatable bonds is 5. The summed E-state index contributed by atoms with van der Waals surface area (Å²) in [4.78, 5) is 36.7. The fourth-order valence-electron chi connectivity index (χ4n) is 8.33. The van der Waals surface area contributed by atoms with Crippen LogP contribution in [0.1, 0.15) is 85.5 Å². The van der Waals surface area contributed by atoms with Crippen molar-refractivity contribution in [3.8, 4) is 0 Å². The molecule has 32 heavy (non-hydrogen) atoms. The molecule has 0 saturated heterocycles. The number of hydrogen-bond acceptors (Lipinski definition) is 5. The summed E-state index contributed by atoms with van der Waals surface area (Å²) >= 11 is 0. The molecule has 0 bridgehead atoms. The fourth-order valence-corrected chi connectivity index (χ4v) is 8.33. The van der Waals surface area contributed by atoms with E-state index in [0.717, 1.165) is 44.9 Å². The Hall–Kier alpha value is -1.65. The number of fused-ring (bicyclic) bond motifs is 5. The Labute approximate surface area is 192 Å². The number of carbonyl (C=O) groups is 3. The molecule has 0 radical (unpaired) electrons. The molecule has 8 atom stereocenters. The van der Waals surface area contributed by atoms with Crippen molar-refractivity contribution in [2.24, 2.45) is 40.4 Å². The van der Waals surface area contributed by atoms with Crippen molar-refractivity contribution in [2.75, 3.05) is 7.11 Å². The molecular formula is C27H40O5. The summed E-state index contributed by atoms with van der Waals surface area (Å²) in [5.74, 6) is 1.92. The number of carbonyl (C=O) groups excluding carboxylic acids is 3. The van der Waals surface area contributed by atoms with Crippen molar-refractivity contribution in [1.29, 1.82) is 0 Å². The van der Waals surface area contributed by atoms with E-state index >= 15 is 0 Å². The summed E-state index contributed by atoms with van der Waals surface area (Å²) in [6, 6.07) is 0. The van der Waals surface area contributed by atoms with Gasteiger partial charge in [-0.3, -0.25) is 14.4 Å². The molecule has 4 aliphatic rings. The molecule has 5 nitrogen and oxygen atoms in total. The number of methoxy groups -OCH3 is 1. The quantitative estimate of drug-likeness (QED) is 0.541. The molecule has 0 aromatic heterocycles. The minimum Gasteiger partial charge on any atom is -0.469 e. The molecule has 0 unspecified atom stereocenters. The standard InChI is InChI=1S/C27H40O5/c1-16(6-9-24(30)31-5)20-7-8-21-25-22(11-13-27(20,21)4)26(3)12-10-19(32-17(2)28)14-18(26)15-23(25)29/h15-16,19-22,25H,6-14H2,1-5H3/t16-,19-,20-,21+,22+,25+,26-,27-/m0/s1. The first kappa shape index (κ1) is 23.5. The molecule has 178 valence electrons. The third-order valence-electron chi connectivity index (χ3n) is 10.0. The Morgan fingerprint density at radius 3 is 2.56 bits per heavy atom. The predicted octanol–water partition coefficient (Wildman–Crippen LogP) is 5.27. The average Bonchev–Trinajstić information content (AvgIpc) is 3.09. The Balaban J connectivity index is 1.54. The highest BCUT2D eigenvalue weighted by Crippen LogP contribution is 2.66. The average molecular weight is 445 g/mol. The van der Waals surface area contributed by atoms with Crippen LogP contribution in [0.4, 0.5) is 0 Å². The summed E-state index contributed by atoms with van der Waals surface area (Å²) in [6.45, 7) is 8.54. The maximum atomic E-state index is 13.5. The highest BCUT2D eigenvalue weighted by atomic mass is 16.5. The van der Waals surface area contributed by atoms with Crippen LogP contribution in [0.15, 0.2) is 11.6 Å². The largest absolute Gasteiger partial charge is 0.469 e. The first-order valence-corrected chi connectivity index (χ1v) is 12.6. The molecule has 0 amide bonds. The summed E-state index contributed by atoms with van der Waals surface area (Å²) in [5.41, 5.74) is 1.43. The van der Waals surface area contributed by atoms with Gasteiger partial charge in [0.1, 0.15) is 6.10 Å². The molecule has 0 N–H and O–H groups in total. The number of esters is 2. The normalized spacial score (nSPS) is 41.6. The molecule has 0 spiro atoms. The van der Waals surface area contributed by atoms with Gasteiger partial charge >= 0.3 is 11.9 Å². The van der Waals surface area contributed by atoms with E-state index in [0.29, 0.717) is 42.3 Å². The summed E-state index contributed by atoms with van der Waals surface area (Å²) in [5, 5.41) is 0. The minimum atomic E-state index is -0.231. The maximum absolute atomic E-state index is 13.5. The van der Waals surface area contributed by atoms with Crippen LogP contribution in [0.5, 0.6) is 0 Å². The van der Waals surface area contributed by atoms with Crippen LogP contribution in [0.2, 0.25) is 0 Å². The van der Waals surface area contributed by atoms with Crippen LogP contribution in [-0.2, 0) is 23.9 Å². The molecule has 4 rings (SSSR count). The smallest absolute Gasteiger partial charge is 0.305 e. The second kappa shape index (κ2) is 8.61. The molecule has 0 aliphatic heterocycles. The van der Waals surface area contributed by atoms with Gasteiger partial charge in [0.2, 0.25) is 0 Å². The molecule has 0 aromatic rings. The van der Waals surface area contributed by atoms with Crippen LogP contribution in [0.3, 0.4) is 0 Å². The van der Waals surface area contributed by atoms with Crippen molar-refractivity contribution < 1.29 is 23.9 Å². The van der Waals surface area contributed by atoms with Crippen molar-refractivity contribution in [3.63, 3.8) is 0 Å². The highest BCUT2D eigenvalue weighted by molar-refractivity contribution is 5.94. The van der Waals surface area contributed by atoms with Gasteiger partial charge in [0.15, 0.2) is 5.78 Å². The summed E-state index contributed by atoms with van der Waals surface area (Å²) in [6.07, 6.45) is 10.3. The Morgan fingerprint density at radius 2 is 1.88 bits per heavy atom. The van der Waals surface area contributed by atoms with Crippen LogP contribution >= 0.6 is 0 Å². The number of ketones is 1. The lowest BCUT2D eigenvalue weighted by atomic mass is 9.46. The van der Waals surface area contributed by atoms with Crippen molar-refractivity contribution >= 4 is 17.7 Å². The highest BCUT2D eigenvalue weighted by Gasteiger charge is 2.61. The van der Waals surface area contributed by atoms with E-state index in [2.05, 4.69) is 20.8 Å². The summed E-state index contributed by atoms with van der Waals surface area (Å²) in [7, 11) is 1.46. The van der Waals surface area contributed by atoms with Gasteiger partial charge in [-0.2, -0.15) is 0 Å². The first-order chi connectivity index (χ1) is 15.1. The second-order valence-electron chi connectivity index (χ2n) is 11.5. The van der Waals surface area contributed by atoms with E-state index < -0.39 is 0 Å². The number of hydrogen-bond donors (Lipinski definition) is 0. The lowest BCUT2D eigenvalue weighted by Crippen LogP contribution is -2.53. The lowest BCUT2D eigenvalue weighted by molar-refractivity contribution is -0.149. The fraction of sp³-hybridized carbons (Fsp3) is 0.815. The van der Waals surface area contributed by atoms with Gasteiger partial charge in [0.25, 0.3) is 0 Å². The summed E-state index contributed by atoms with van der Waals surface area (Å²) < 4.78 is 10.4. The maximum Gasteiger partial charge on any atom is 0.305 e. The second-order valence-corrected chi connectivity index (χ2v) is 11.5. The molecule has 3 saturated carbocycles. The van der Waals surface area contributed by atoms with Gasteiger partial charge in [-0.1, -0.05) is 26.3 Å². The SMILES string of the molecule is COC(=O)CC[C@H](C)[C@@H]1CC[C@@H]2[C@H]3C(=O)C=C4C[C@@H](OC(C)=O)CC[C@]4(C)[C@@H]3CC[C@]21C. The Kier molecular flexibility index (Phi) is 6.32. The molecule has 3 fully saturated rings. The van der Waals surface area contributed by atoms with E-state index in [4.69, 9.17) is 9.47 Å². The van der Waals surface area contributed by atoms with E-state index in [9.17, 15) is 14.4 Å². The molecule has 5 heteroatoms. The van der Waals surface area contributed by atoms with Gasteiger partial charge in [-0.25, -0.2) is 0 Å². The zero-order valence-electron chi connectivity index (χ0n) is 20.4. The predicted molar refractivity (Wildman–Crippen MR) is 122 cm³/mol. The number of allylic oxidation sites excluding steroid dienone is 1. The van der Waals surface area contributed by atoms with E-state index in [1.807, 2.05) is 6.08 Å². The molecule has 0 heterocycles. The van der Waals surface area contributed by atoms with E-state index in [1.165, 1.54) is 19.6 Å². The van der Waals surface area contributed by atoms with Crippen molar-refractivity contribution in [1.82, 2.24) is 0 Å².